The summed E-state index contributed by atoms with van der Waals surface area (Å²) >= 11 is 0. The number of fused-ring (bicyclic) bond motifs is 1. The predicted molar refractivity (Wildman–Crippen MR) is 82.9 cm³/mol. The van der Waals surface area contributed by atoms with Gasteiger partial charge in [0.2, 0.25) is 0 Å². The second-order valence-corrected chi connectivity index (χ2v) is 5.69. The van der Waals surface area contributed by atoms with Crippen molar-refractivity contribution in [2.45, 2.75) is 52.0 Å². The Morgan fingerprint density at radius 3 is 2.57 bits per heavy atom. The van der Waals surface area contributed by atoms with Crippen LogP contribution in [0.5, 0.6) is 0 Å². The van der Waals surface area contributed by atoms with E-state index in [0.717, 1.165) is 24.8 Å². The van der Waals surface area contributed by atoms with Crippen molar-refractivity contribution >= 4 is 11.8 Å². The zero-order chi connectivity index (χ0) is 15.2. The first-order valence-electron chi connectivity index (χ1n) is 7.82. The Kier molecular flexibility index (Phi) is 5.37. The fourth-order valence-corrected chi connectivity index (χ4v) is 2.69. The van der Waals surface area contributed by atoms with Crippen LogP contribution in [0, 0.1) is 0 Å². The molecule has 0 radical (unpaired) electrons. The second-order valence-electron chi connectivity index (χ2n) is 5.69. The van der Waals surface area contributed by atoms with Crippen molar-refractivity contribution < 1.29 is 9.59 Å². The Bertz CT molecular complexity index is 526. The SMILES string of the molecule is CCCNC(=O)C(=O)NC(C)c1ccc2c(c1)CCCC2. The monoisotopic (exact) mass is 288 g/mol. The molecule has 2 N–H and O–H groups in total. The van der Waals surface area contributed by atoms with E-state index in [4.69, 9.17) is 0 Å². The predicted octanol–water partition coefficient (Wildman–Crippen LogP) is 2.27. The fourth-order valence-electron chi connectivity index (χ4n) is 2.69. The van der Waals surface area contributed by atoms with Gasteiger partial charge in [-0.05, 0) is 55.7 Å². The van der Waals surface area contributed by atoms with Crippen LogP contribution in [0.3, 0.4) is 0 Å². The lowest BCUT2D eigenvalue weighted by atomic mass is 9.89. The summed E-state index contributed by atoms with van der Waals surface area (Å²) in [5.41, 5.74) is 3.87. The van der Waals surface area contributed by atoms with E-state index in [1.807, 2.05) is 13.8 Å². The molecule has 0 saturated heterocycles. The van der Waals surface area contributed by atoms with E-state index in [2.05, 4.69) is 28.8 Å². The summed E-state index contributed by atoms with van der Waals surface area (Å²) in [5.74, 6) is -1.12. The third kappa shape index (κ3) is 4.06. The van der Waals surface area contributed by atoms with Gasteiger partial charge in [-0.15, -0.1) is 0 Å². The average molecular weight is 288 g/mol. The molecule has 21 heavy (non-hydrogen) atoms. The van der Waals surface area contributed by atoms with Crippen LogP contribution in [0.15, 0.2) is 18.2 Å². The molecule has 4 heteroatoms. The van der Waals surface area contributed by atoms with Gasteiger partial charge in [-0.3, -0.25) is 9.59 Å². The maximum Gasteiger partial charge on any atom is 0.309 e. The van der Waals surface area contributed by atoms with Crippen molar-refractivity contribution in [2.24, 2.45) is 0 Å². The Hall–Kier alpha value is -1.84. The van der Waals surface area contributed by atoms with Gasteiger partial charge in [0.25, 0.3) is 0 Å². The van der Waals surface area contributed by atoms with Gasteiger partial charge in [-0.1, -0.05) is 25.1 Å². The Morgan fingerprint density at radius 2 is 1.86 bits per heavy atom. The number of carbonyl (C=O) groups is 2. The maximum absolute atomic E-state index is 11.8. The highest BCUT2D eigenvalue weighted by Gasteiger charge is 2.17. The molecule has 1 aromatic rings. The third-order valence-electron chi connectivity index (χ3n) is 3.96. The van der Waals surface area contributed by atoms with Crippen molar-refractivity contribution in [1.82, 2.24) is 10.6 Å². The molecule has 0 saturated carbocycles. The Labute approximate surface area is 126 Å². The molecular formula is C17H24N2O2. The molecule has 0 aromatic heterocycles. The van der Waals surface area contributed by atoms with Gasteiger partial charge in [-0.25, -0.2) is 0 Å². The first-order valence-corrected chi connectivity index (χ1v) is 7.82. The van der Waals surface area contributed by atoms with Crippen molar-refractivity contribution in [3.05, 3.63) is 34.9 Å². The zero-order valence-electron chi connectivity index (χ0n) is 12.9. The first kappa shape index (κ1) is 15.5. The lowest BCUT2D eigenvalue weighted by Crippen LogP contribution is -2.41. The van der Waals surface area contributed by atoms with Gasteiger partial charge in [0.1, 0.15) is 0 Å². The third-order valence-corrected chi connectivity index (χ3v) is 3.96. The smallest absolute Gasteiger partial charge is 0.309 e. The lowest BCUT2D eigenvalue weighted by molar-refractivity contribution is -0.139. The summed E-state index contributed by atoms with van der Waals surface area (Å²) in [4.78, 5) is 23.4. The largest absolute Gasteiger partial charge is 0.348 e. The number of amides is 2. The van der Waals surface area contributed by atoms with Crippen LogP contribution >= 0.6 is 0 Å². The van der Waals surface area contributed by atoms with Crippen LogP contribution in [-0.2, 0) is 22.4 Å². The first-order chi connectivity index (χ1) is 10.1. The van der Waals surface area contributed by atoms with E-state index in [1.54, 1.807) is 0 Å². The quantitative estimate of drug-likeness (QED) is 0.835. The molecule has 2 rings (SSSR count). The summed E-state index contributed by atoms with van der Waals surface area (Å²) < 4.78 is 0. The molecule has 4 nitrogen and oxygen atoms in total. The number of nitrogens with one attached hydrogen (secondary N) is 2. The molecule has 1 aliphatic carbocycles. The number of benzene rings is 1. The fraction of sp³-hybridized carbons (Fsp3) is 0.529. The van der Waals surface area contributed by atoms with Gasteiger partial charge in [0, 0.05) is 6.54 Å². The average Bonchev–Trinajstić information content (AvgIpc) is 2.51. The van der Waals surface area contributed by atoms with Crippen molar-refractivity contribution in [3.8, 4) is 0 Å². The van der Waals surface area contributed by atoms with Crippen LogP contribution in [0.2, 0.25) is 0 Å². The molecule has 0 fully saturated rings. The molecular weight excluding hydrogens is 264 g/mol. The van der Waals surface area contributed by atoms with E-state index in [-0.39, 0.29) is 6.04 Å². The van der Waals surface area contributed by atoms with E-state index in [9.17, 15) is 9.59 Å². The van der Waals surface area contributed by atoms with E-state index < -0.39 is 11.8 Å². The summed E-state index contributed by atoms with van der Waals surface area (Å²) in [6.45, 7) is 4.39. The molecule has 1 aromatic carbocycles. The summed E-state index contributed by atoms with van der Waals surface area (Å²) in [5, 5.41) is 5.35. The topological polar surface area (TPSA) is 58.2 Å². The van der Waals surface area contributed by atoms with Crippen molar-refractivity contribution in [1.29, 1.82) is 0 Å². The van der Waals surface area contributed by atoms with E-state index in [0.29, 0.717) is 6.54 Å². The Balaban J connectivity index is 1.98. The van der Waals surface area contributed by atoms with Gasteiger partial charge in [-0.2, -0.15) is 0 Å². The van der Waals surface area contributed by atoms with E-state index >= 15 is 0 Å². The summed E-state index contributed by atoms with van der Waals surface area (Å²) in [6, 6.07) is 6.23. The molecule has 1 aliphatic rings. The molecule has 0 bridgehead atoms. The van der Waals surface area contributed by atoms with Crippen LogP contribution in [-0.4, -0.2) is 18.4 Å². The Morgan fingerprint density at radius 1 is 1.14 bits per heavy atom. The minimum Gasteiger partial charge on any atom is -0.348 e. The van der Waals surface area contributed by atoms with Gasteiger partial charge in [0.05, 0.1) is 6.04 Å². The molecule has 1 unspecified atom stereocenters. The van der Waals surface area contributed by atoms with Gasteiger partial charge < -0.3 is 10.6 Å². The number of rotatable bonds is 4. The molecule has 2 amide bonds. The van der Waals surface area contributed by atoms with Gasteiger partial charge >= 0.3 is 11.8 Å². The second kappa shape index (κ2) is 7.25. The number of hydrogen-bond donors (Lipinski definition) is 2. The normalized spacial score (nSPS) is 15.0. The lowest BCUT2D eigenvalue weighted by Gasteiger charge is -2.20. The minimum atomic E-state index is -0.561. The summed E-state index contributed by atoms with van der Waals surface area (Å²) in [7, 11) is 0. The van der Waals surface area contributed by atoms with E-state index in [1.165, 1.54) is 24.0 Å². The van der Waals surface area contributed by atoms with Crippen molar-refractivity contribution in [2.75, 3.05) is 6.54 Å². The minimum absolute atomic E-state index is 0.155. The van der Waals surface area contributed by atoms with Crippen LogP contribution in [0.1, 0.15) is 55.8 Å². The number of hydrogen-bond acceptors (Lipinski definition) is 2. The highest BCUT2D eigenvalue weighted by atomic mass is 16.2. The molecule has 0 spiro atoms. The van der Waals surface area contributed by atoms with Crippen molar-refractivity contribution in [3.63, 3.8) is 0 Å². The highest BCUT2D eigenvalue weighted by molar-refractivity contribution is 6.35. The molecule has 114 valence electrons. The van der Waals surface area contributed by atoms with Crippen LogP contribution in [0.25, 0.3) is 0 Å². The molecule has 1 atom stereocenters. The summed E-state index contributed by atoms with van der Waals surface area (Å²) in [6.07, 6.45) is 5.57. The van der Waals surface area contributed by atoms with Crippen LogP contribution < -0.4 is 10.6 Å². The number of aryl methyl sites for hydroxylation is 2. The molecule has 0 heterocycles. The standard InChI is InChI=1S/C17H24N2O2/c1-3-10-18-16(20)17(21)19-12(2)14-9-8-13-6-4-5-7-15(13)11-14/h8-9,11-12H,3-7,10H2,1-2H3,(H,18,20)(H,19,21). The van der Waals surface area contributed by atoms with Crippen LogP contribution in [0.4, 0.5) is 0 Å². The zero-order valence-corrected chi connectivity index (χ0v) is 12.9. The van der Waals surface area contributed by atoms with Gasteiger partial charge in [0.15, 0.2) is 0 Å². The molecule has 0 aliphatic heterocycles. The highest BCUT2D eigenvalue weighted by Crippen LogP contribution is 2.24. The number of carbonyl (C=O) groups excluding carboxylic acids is 2. The maximum atomic E-state index is 11.8.